The first kappa shape index (κ1) is 20.6. The summed E-state index contributed by atoms with van der Waals surface area (Å²) >= 11 is 0. The van der Waals surface area contributed by atoms with Crippen molar-refractivity contribution in [3.63, 3.8) is 0 Å². The molecule has 1 aliphatic heterocycles. The number of hydrogen-bond donors (Lipinski definition) is 1. The van der Waals surface area contributed by atoms with Crippen molar-refractivity contribution in [2.75, 3.05) is 0 Å². The third-order valence-corrected chi connectivity index (χ3v) is 5.07. The highest BCUT2D eigenvalue weighted by Crippen LogP contribution is 2.44. The van der Waals surface area contributed by atoms with E-state index < -0.39 is 16.8 Å². The van der Waals surface area contributed by atoms with Crippen LogP contribution in [0.4, 0.5) is 5.69 Å². The molecule has 1 atom stereocenters. The SMILES string of the molecule is Cc1cccc(C(=O)Oc2ccc3c(c2)OC(N)=C(C#N)C3c2cccc([N+](=O)[O-])c2)c1. The van der Waals surface area contributed by atoms with Gasteiger partial charge in [-0.2, -0.15) is 5.26 Å². The fourth-order valence-corrected chi connectivity index (χ4v) is 3.60. The molecule has 4 rings (SSSR count). The van der Waals surface area contributed by atoms with E-state index in [0.29, 0.717) is 22.4 Å². The number of benzene rings is 3. The van der Waals surface area contributed by atoms with Crippen molar-refractivity contribution in [3.05, 3.63) is 111 Å². The minimum atomic E-state index is -0.662. The summed E-state index contributed by atoms with van der Waals surface area (Å²) in [6, 6.07) is 19.8. The van der Waals surface area contributed by atoms with Gasteiger partial charge < -0.3 is 15.2 Å². The van der Waals surface area contributed by atoms with Gasteiger partial charge in [0.25, 0.3) is 5.69 Å². The molecule has 0 aromatic heterocycles. The van der Waals surface area contributed by atoms with Crippen molar-refractivity contribution < 1.29 is 19.2 Å². The van der Waals surface area contributed by atoms with Crippen LogP contribution in [0.15, 0.2) is 78.2 Å². The Labute approximate surface area is 183 Å². The Morgan fingerprint density at radius 2 is 1.94 bits per heavy atom. The van der Waals surface area contributed by atoms with E-state index in [1.165, 1.54) is 18.2 Å². The third kappa shape index (κ3) is 3.87. The maximum Gasteiger partial charge on any atom is 0.343 e. The number of nitriles is 1. The highest BCUT2D eigenvalue weighted by atomic mass is 16.6. The Morgan fingerprint density at radius 3 is 2.66 bits per heavy atom. The van der Waals surface area contributed by atoms with Crippen molar-refractivity contribution in [1.29, 1.82) is 5.26 Å². The molecular formula is C24H17N3O5. The number of carbonyl (C=O) groups is 1. The summed E-state index contributed by atoms with van der Waals surface area (Å²) in [5.41, 5.74) is 8.45. The molecule has 0 fully saturated rings. The van der Waals surface area contributed by atoms with Gasteiger partial charge >= 0.3 is 5.97 Å². The lowest BCUT2D eigenvalue weighted by molar-refractivity contribution is -0.384. The smallest absolute Gasteiger partial charge is 0.343 e. The molecule has 0 bridgehead atoms. The second-order valence-corrected chi connectivity index (χ2v) is 7.24. The van der Waals surface area contributed by atoms with Crippen LogP contribution in [0.1, 0.15) is 33.0 Å². The number of nitro groups is 1. The Hall–Kier alpha value is -4.64. The van der Waals surface area contributed by atoms with Gasteiger partial charge in [-0.15, -0.1) is 0 Å². The van der Waals surface area contributed by atoms with Crippen molar-refractivity contribution in [3.8, 4) is 17.6 Å². The second kappa shape index (κ2) is 8.24. The number of hydrogen-bond acceptors (Lipinski definition) is 7. The molecule has 1 aliphatic rings. The summed E-state index contributed by atoms with van der Waals surface area (Å²) in [5, 5.41) is 20.9. The van der Waals surface area contributed by atoms with Gasteiger partial charge in [0.2, 0.25) is 5.88 Å². The van der Waals surface area contributed by atoms with Crippen LogP contribution in [0.25, 0.3) is 0 Å². The number of non-ortho nitro benzene ring substituents is 1. The zero-order chi connectivity index (χ0) is 22.8. The molecule has 0 aliphatic carbocycles. The number of nitrogens with zero attached hydrogens (tertiary/aromatic N) is 2. The summed E-state index contributed by atoms with van der Waals surface area (Å²) in [4.78, 5) is 23.2. The molecule has 8 nitrogen and oxygen atoms in total. The molecule has 3 aromatic rings. The van der Waals surface area contributed by atoms with Crippen molar-refractivity contribution in [2.24, 2.45) is 5.73 Å². The van der Waals surface area contributed by atoms with Gasteiger partial charge in [0.15, 0.2) is 0 Å². The number of carbonyl (C=O) groups excluding carboxylic acids is 1. The molecule has 158 valence electrons. The van der Waals surface area contributed by atoms with Crippen LogP contribution in [0.3, 0.4) is 0 Å². The predicted molar refractivity (Wildman–Crippen MR) is 115 cm³/mol. The van der Waals surface area contributed by atoms with Gasteiger partial charge in [-0.05, 0) is 30.7 Å². The van der Waals surface area contributed by atoms with E-state index in [2.05, 4.69) is 0 Å². The zero-order valence-electron chi connectivity index (χ0n) is 16.9. The predicted octanol–water partition coefficient (Wildman–Crippen LogP) is 4.34. The number of esters is 1. The van der Waals surface area contributed by atoms with Crippen molar-refractivity contribution >= 4 is 11.7 Å². The van der Waals surface area contributed by atoms with Crippen LogP contribution in [0, 0.1) is 28.4 Å². The zero-order valence-corrected chi connectivity index (χ0v) is 16.9. The Bertz CT molecular complexity index is 1320. The number of rotatable bonds is 4. The Kier molecular flexibility index (Phi) is 5.31. The Morgan fingerprint density at radius 1 is 1.16 bits per heavy atom. The van der Waals surface area contributed by atoms with E-state index in [1.807, 2.05) is 19.1 Å². The number of nitrogens with two attached hydrogens (primary N) is 1. The molecule has 0 saturated heterocycles. The first-order valence-electron chi connectivity index (χ1n) is 9.62. The average Bonchev–Trinajstić information content (AvgIpc) is 2.78. The van der Waals surface area contributed by atoms with Gasteiger partial charge in [0.1, 0.15) is 23.1 Å². The number of nitro benzene ring substituents is 1. The highest BCUT2D eigenvalue weighted by molar-refractivity contribution is 5.91. The standard InChI is InChI=1S/C24H17N3O5/c1-14-4-2-6-16(10-14)24(28)31-18-8-9-19-21(12-18)32-23(26)20(13-25)22(19)15-5-3-7-17(11-15)27(29)30/h2-12,22H,26H2,1H3. The lowest BCUT2D eigenvalue weighted by atomic mass is 9.83. The number of aryl methyl sites for hydroxylation is 1. The fraction of sp³-hybridized carbons (Fsp3) is 0.0833. The first-order chi connectivity index (χ1) is 15.4. The normalized spacial score (nSPS) is 14.7. The van der Waals surface area contributed by atoms with E-state index in [-0.39, 0.29) is 22.9 Å². The molecule has 2 N–H and O–H groups in total. The lowest BCUT2D eigenvalue weighted by Crippen LogP contribution is -2.21. The largest absolute Gasteiger partial charge is 0.440 e. The lowest BCUT2D eigenvalue weighted by Gasteiger charge is -2.26. The first-order valence-corrected chi connectivity index (χ1v) is 9.62. The molecule has 0 amide bonds. The van der Waals surface area contributed by atoms with Crippen LogP contribution in [0.5, 0.6) is 11.5 Å². The van der Waals surface area contributed by atoms with Crippen LogP contribution in [-0.4, -0.2) is 10.9 Å². The van der Waals surface area contributed by atoms with Crippen LogP contribution in [-0.2, 0) is 0 Å². The quantitative estimate of drug-likeness (QED) is 0.284. The highest BCUT2D eigenvalue weighted by Gasteiger charge is 2.32. The van der Waals surface area contributed by atoms with Gasteiger partial charge in [-0.25, -0.2) is 4.79 Å². The number of allylic oxidation sites excluding steroid dienone is 1. The minimum Gasteiger partial charge on any atom is -0.440 e. The van der Waals surface area contributed by atoms with Crippen molar-refractivity contribution in [2.45, 2.75) is 12.8 Å². The van der Waals surface area contributed by atoms with Crippen molar-refractivity contribution in [1.82, 2.24) is 0 Å². The number of fused-ring (bicyclic) bond motifs is 1. The molecule has 1 unspecified atom stereocenters. The molecule has 3 aromatic carbocycles. The summed E-state index contributed by atoms with van der Waals surface area (Å²) in [6.07, 6.45) is 0. The minimum absolute atomic E-state index is 0.102. The average molecular weight is 427 g/mol. The number of ether oxygens (including phenoxy) is 2. The second-order valence-electron chi connectivity index (χ2n) is 7.24. The van der Waals surface area contributed by atoms with Crippen LogP contribution >= 0.6 is 0 Å². The van der Waals surface area contributed by atoms with E-state index >= 15 is 0 Å². The fourth-order valence-electron chi connectivity index (χ4n) is 3.60. The van der Waals surface area contributed by atoms with E-state index in [1.54, 1.807) is 42.5 Å². The van der Waals surface area contributed by atoms with Gasteiger partial charge in [-0.1, -0.05) is 35.9 Å². The molecule has 0 radical (unpaired) electrons. The van der Waals surface area contributed by atoms with Crippen LogP contribution < -0.4 is 15.2 Å². The summed E-state index contributed by atoms with van der Waals surface area (Å²) in [7, 11) is 0. The monoisotopic (exact) mass is 427 g/mol. The maximum atomic E-state index is 12.5. The molecule has 0 spiro atoms. The molecule has 8 heteroatoms. The van der Waals surface area contributed by atoms with Crippen LogP contribution in [0.2, 0.25) is 0 Å². The molecule has 0 saturated carbocycles. The Balaban J connectivity index is 1.72. The molecule has 32 heavy (non-hydrogen) atoms. The third-order valence-electron chi connectivity index (χ3n) is 5.07. The van der Waals surface area contributed by atoms with E-state index in [9.17, 15) is 20.2 Å². The maximum absolute atomic E-state index is 12.5. The van der Waals surface area contributed by atoms with E-state index in [4.69, 9.17) is 15.2 Å². The summed E-state index contributed by atoms with van der Waals surface area (Å²) in [6.45, 7) is 1.87. The van der Waals surface area contributed by atoms with E-state index in [0.717, 1.165) is 5.56 Å². The van der Waals surface area contributed by atoms with Gasteiger partial charge in [0, 0.05) is 23.8 Å². The topological polar surface area (TPSA) is 128 Å². The van der Waals surface area contributed by atoms with Gasteiger partial charge in [0.05, 0.1) is 16.4 Å². The summed E-state index contributed by atoms with van der Waals surface area (Å²) < 4.78 is 11.1. The van der Waals surface area contributed by atoms with Gasteiger partial charge in [-0.3, -0.25) is 10.1 Å². The molecule has 1 heterocycles. The summed E-state index contributed by atoms with van der Waals surface area (Å²) in [5.74, 6) is -0.765. The molecular weight excluding hydrogens is 410 g/mol.